The predicted octanol–water partition coefficient (Wildman–Crippen LogP) is 3.62. The lowest BCUT2D eigenvalue weighted by Gasteiger charge is -2.32. The maximum atomic E-state index is 12.0. The molecule has 2 N–H and O–H groups in total. The molecule has 1 aliphatic carbocycles. The van der Waals surface area contributed by atoms with E-state index in [9.17, 15) is 9.59 Å². The van der Waals surface area contributed by atoms with Crippen LogP contribution in [-0.2, 0) is 4.79 Å². The van der Waals surface area contributed by atoms with Crippen LogP contribution in [0.4, 0.5) is 5.82 Å². The average molecular weight is 468 g/mol. The number of piperidine rings is 1. The number of ether oxygens (including phenoxy) is 1. The van der Waals surface area contributed by atoms with E-state index in [-0.39, 0.29) is 23.6 Å². The number of nitrogens with zero attached hydrogens (tertiary/aromatic N) is 4. The van der Waals surface area contributed by atoms with Crippen molar-refractivity contribution in [2.45, 2.75) is 50.5 Å². The van der Waals surface area contributed by atoms with Gasteiger partial charge >= 0.3 is 0 Å². The predicted molar refractivity (Wildman–Crippen MR) is 123 cm³/mol. The summed E-state index contributed by atoms with van der Waals surface area (Å²) < 4.78 is 6.09. The Bertz CT molecular complexity index is 1070. The minimum atomic E-state index is -0.575. The molecule has 0 unspecified atom stereocenters. The van der Waals surface area contributed by atoms with Gasteiger partial charge in [0, 0.05) is 25.1 Å². The Hall–Kier alpha value is -3.18. The number of carbonyl (C=O) groups excluding carboxylic acids is 2. The highest BCUT2D eigenvalue weighted by Crippen LogP contribution is 2.37. The average Bonchev–Trinajstić information content (AvgIpc) is 2.84. The third kappa shape index (κ3) is 5.25. The number of rotatable bonds is 6. The second kappa shape index (κ2) is 10.2. The van der Waals surface area contributed by atoms with Gasteiger partial charge in [0.1, 0.15) is 18.1 Å². The largest absolute Gasteiger partial charge is 0.490 e. The Morgan fingerprint density at radius 1 is 1.15 bits per heavy atom. The van der Waals surface area contributed by atoms with Gasteiger partial charge in [0.2, 0.25) is 0 Å². The van der Waals surface area contributed by atoms with Crippen LogP contribution in [0.25, 0.3) is 0 Å². The highest BCUT2D eigenvalue weighted by atomic mass is 35.5. The van der Waals surface area contributed by atoms with E-state index in [4.69, 9.17) is 27.3 Å². The number of amides is 1. The van der Waals surface area contributed by atoms with Crippen molar-refractivity contribution in [1.82, 2.24) is 10.2 Å². The second-order valence-corrected chi connectivity index (χ2v) is 9.08. The van der Waals surface area contributed by atoms with Gasteiger partial charge in [-0.05, 0) is 68.2 Å². The molecule has 0 radical (unpaired) electrons. The van der Waals surface area contributed by atoms with E-state index in [0.29, 0.717) is 16.3 Å². The molecule has 1 aromatic carbocycles. The number of hydrogen-bond donors (Lipinski definition) is 1. The monoisotopic (exact) mass is 467 g/mol. The number of carbonyl (C=O) groups is 2. The van der Waals surface area contributed by atoms with Gasteiger partial charge in [0.25, 0.3) is 5.91 Å². The SMILES string of the molecule is N#Cc1ccc(OC2CCC(c3cc(N4CCC(C=O)CC4)nnc3C(N)=O)CC2)cc1Cl. The third-order valence-electron chi connectivity index (χ3n) is 6.58. The molecule has 2 heterocycles. The van der Waals surface area contributed by atoms with Gasteiger partial charge in [-0.3, -0.25) is 4.79 Å². The summed E-state index contributed by atoms with van der Waals surface area (Å²) in [5.74, 6) is 1.03. The molecular weight excluding hydrogens is 442 g/mol. The van der Waals surface area contributed by atoms with Crippen molar-refractivity contribution in [2.24, 2.45) is 11.7 Å². The van der Waals surface area contributed by atoms with E-state index in [1.807, 2.05) is 12.1 Å². The molecule has 0 bridgehead atoms. The first-order valence-electron chi connectivity index (χ1n) is 11.2. The van der Waals surface area contributed by atoms with E-state index in [1.54, 1.807) is 18.2 Å². The summed E-state index contributed by atoms with van der Waals surface area (Å²) in [6.07, 6.45) is 5.90. The second-order valence-electron chi connectivity index (χ2n) is 8.68. The fourth-order valence-corrected chi connectivity index (χ4v) is 4.87. The molecule has 2 aromatic rings. The molecule has 4 rings (SSSR count). The van der Waals surface area contributed by atoms with Crippen LogP contribution in [0.1, 0.15) is 66.1 Å². The van der Waals surface area contributed by atoms with Crippen LogP contribution in [0.15, 0.2) is 24.3 Å². The lowest BCUT2D eigenvalue weighted by atomic mass is 9.82. The van der Waals surface area contributed by atoms with Crippen LogP contribution in [0.5, 0.6) is 5.75 Å². The van der Waals surface area contributed by atoms with Gasteiger partial charge in [-0.2, -0.15) is 5.26 Å². The number of nitriles is 1. The van der Waals surface area contributed by atoms with Crippen molar-refractivity contribution in [3.63, 3.8) is 0 Å². The topological polar surface area (TPSA) is 122 Å². The van der Waals surface area contributed by atoms with Crippen molar-refractivity contribution < 1.29 is 14.3 Å². The number of halogens is 1. The number of hydrogen-bond acceptors (Lipinski definition) is 7. The van der Waals surface area contributed by atoms with Gasteiger partial charge < -0.3 is 20.2 Å². The van der Waals surface area contributed by atoms with Crippen molar-refractivity contribution in [3.05, 3.63) is 46.1 Å². The van der Waals surface area contributed by atoms with Crippen molar-refractivity contribution in [1.29, 1.82) is 5.26 Å². The van der Waals surface area contributed by atoms with Crippen LogP contribution in [-0.4, -0.2) is 41.6 Å². The summed E-state index contributed by atoms with van der Waals surface area (Å²) >= 11 is 6.11. The summed E-state index contributed by atoms with van der Waals surface area (Å²) in [6.45, 7) is 1.47. The summed E-state index contributed by atoms with van der Waals surface area (Å²) in [5.41, 5.74) is 7.08. The standard InChI is InChI=1S/C24H26ClN5O3/c25-21-11-19(6-3-17(21)13-26)33-18-4-1-16(2-5-18)20-12-22(28-29-23(20)24(27)32)30-9-7-15(14-31)8-10-30/h3,6,11-12,14-16,18H,1-2,4-5,7-10H2,(H2,27,32). The minimum absolute atomic E-state index is 0.0268. The quantitative estimate of drug-likeness (QED) is 0.643. The fraction of sp³-hybridized carbons (Fsp3) is 0.458. The van der Waals surface area contributed by atoms with Gasteiger partial charge in [-0.15, -0.1) is 10.2 Å². The number of aldehydes is 1. The summed E-state index contributed by atoms with van der Waals surface area (Å²) in [5, 5.41) is 17.8. The first kappa shape index (κ1) is 23.0. The molecule has 33 heavy (non-hydrogen) atoms. The Labute approximate surface area is 197 Å². The molecule has 0 atom stereocenters. The third-order valence-corrected chi connectivity index (χ3v) is 6.89. The molecule has 1 aliphatic heterocycles. The fourth-order valence-electron chi connectivity index (χ4n) is 4.66. The van der Waals surface area contributed by atoms with Crippen molar-refractivity contribution >= 4 is 29.6 Å². The maximum Gasteiger partial charge on any atom is 0.269 e. The molecular formula is C24H26ClN5O3. The highest BCUT2D eigenvalue weighted by Gasteiger charge is 2.29. The molecule has 2 aliphatic rings. The van der Waals surface area contributed by atoms with Crippen molar-refractivity contribution in [2.75, 3.05) is 18.0 Å². The van der Waals surface area contributed by atoms with Crippen LogP contribution in [0, 0.1) is 17.2 Å². The van der Waals surface area contributed by atoms with Crippen LogP contribution in [0.2, 0.25) is 5.02 Å². The molecule has 9 heteroatoms. The van der Waals surface area contributed by atoms with Crippen molar-refractivity contribution in [3.8, 4) is 11.8 Å². The summed E-state index contributed by atoms with van der Waals surface area (Å²) in [7, 11) is 0. The van der Waals surface area contributed by atoms with E-state index in [2.05, 4.69) is 15.1 Å². The van der Waals surface area contributed by atoms with E-state index in [1.165, 1.54) is 0 Å². The number of benzene rings is 1. The molecule has 2 fully saturated rings. The Balaban J connectivity index is 1.44. The summed E-state index contributed by atoms with van der Waals surface area (Å²) in [4.78, 5) is 25.2. The Morgan fingerprint density at radius 3 is 2.48 bits per heavy atom. The smallest absolute Gasteiger partial charge is 0.269 e. The molecule has 1 aromatic heterocycles. The van der Waals surface area contributed by atoms with Gasteiger partial charge in [-0.25, -0.2) is 0 Å². The summed E-state index contributed by atoms with van der Waals surface area (Å²) in [6, 6.07) is 9.07. The lowest BCUT2D eigenvalue weighted by molar-refractivity contribution is -0.111. The van der Waals surface area contributed by atoms with Gasteiger partial charge in [0.05, 0.1) is 16.7 Å². The zero-order valence-corrected chi connectivity index (χ0v) is 19.0. The number of anilines is 1. The van der Waals surface area contributed by atoms with Gasteiger partial charge in [-0.1, -0.05) is 11.6 Å². The van der Waals surface area contributed by atoms with E-state index in [0.717, 1.165) is 69.3 Å². The van der Waals surface area contributed by atoms with Crippen LogP contribution < -0.4 is 15.4 Å². The maximum absolute atomic E-state index is 12.0. The Kier molecular flexibility index (Phi) is 7.09. The normalized spacial score (nSPS) is 21.3. The van der Waals surface area contributed by atoms with Gasteiger partial charge in [0.15, 0.2) is 11.5 Å². The molecule has 8 nitrogen and oxygen atoms in total. The number of primary amides is 1. The molecule has 172 valence electrons. The highest BCUT2D eigenvalue weighted by molar-refractivity contribution is 6.31. The van der Waals surface area contributed by atoms with Crippen LogP contribution >= 0.6 is 11.6 Å². The first-order valence-corrected chi connectivity index (χ1v) is 11.6. The minimum Gasteiger partial charge on any atom is -0.490 e. The van der Waals surface area contributed by atoms with E-state index >= 15 is 0 Å². The molecule has 1 saturated heterocycles. The zero-order valence-electron chi connectivity index (χ0n) is 18.2. The first-order chi connectivity index (χ1) is 16.0. The molecule has 1 saturated carbocycles. The molecule has 1 amide bonds. The number of aromatic nitrogens is 2. The zero-order chi connectivity index (χ0) is 23.4. The van der Waals surface area contributed by atoms with E-state index < -0.39 is 5.91 Å². The van der Waals surface area contributed by atoms with Crippen LogP contribution in [0.3, 0.4) is 0 Å². The Morgan fingerprint density at radius 2 is 1.88 bits per heavy atom. The lowest BCUT2D eigenvalue weighted by Crippen LogP contribution is -2.35. The number of nitrogens with two attached hydrogens (primary N) is 1. The molecule has 0 spiro atoms.